The second kappa shape index (κ2) is 10.3. The van der Waals surface area contributed by atoms with Gasteiger partial charge in [0.1, 0.15) is 22.9 Å². The van der Waals surface area contributed by atoms with E-state index in [-0.39, 0.29) is 33.9 Å². The van der Waals surface area contributed by atoms with Gasteiger partial charge in [-0.15, -0.1) is 0 Å². The Bertz CT molecular complexity index is 1570. The van der Waals surface area contributed by atoms with Crippen molar-refractivity contribution in [2.24, 2.45) is 5.92 Å². The van der Waals surface area contributed by atoms with Crippen molar-refractivity contribution in [1.82, 2.24) is 9.47 Å². The molecule has 0 radical (unpaired) electrons. The number of ether oxygens (including phenoxy) is 2. The van der Waals surface area contributed by atoms with Gasteiger partial charge in [-0.2, -0.15) is 0 Å². The topological polar surface area (TPSA) is 98.1 Å². The molecule has 0 N–H and O–H groups in total. The van der Waals surface area contributed by atoms with Gasteiger partial charge in [0.15, 0.2) is 0 Å². The van der Waals surface area contributed by atoms with Crippen LogP contribution in [-0.2, 0) is 11.2 Å². The Morgan fingerprint density at radius 2 is 1.68 bits per heavy atom. The van der Waals surface area contributed by atoms with Gasteiger partial charge < -0.3 is 19.3 Å². The fourth-order valence-electron chi connectivity index (χ4n) is 5.82. The molecule has 9 nitrogen and oxygen atoms in total. The highest BCUT2D eigenvalue weighted by Crippen LogP contribution is 2.45. The number of fused-ring (bicyclic) bond motifs is 1. The number of hydrogen-bond donors (Lipinski definition) is 0. The van der Waals surface area contributed by atoms with Gasteiger partial charge in [-0.3, -0.25) is 14.4 Å². The summed E-state index contributed by atoms with van der Waals surface area (Å²) in [5.74, 6) is -2.00. The van der Waals surface area contributed by atoms with Gasteiger partial charge in [-0.1, -0.05) is 12.1 Å². The quantitative estimate of drug-likeness (QED) is 0.398. The Labute approximate surface area is 237 Å². The average molecular weight is 564 g/mol. The lowest BCUT2D eigenvalue weighted by Gasteiger charge is -2.33. The maximum atomic E-state index is 14.0. The Balaban J connectivity index is 1.55. The number of rotatable bonds is 5. The van der Waals surface area contributed by atoms with E-state index in [2.05, 4.69) is 0 Å². The summed E-state index contributed by atoms with van der Waals surface area (Å²) in [4.78, 5) is 57.8. The van der Waals surface area contributed by atoms with Crippen molar-refractivity contribution in [2.45, 2.75) is 45.6 Å². The third-order valence-corrected chi connectivity index (χ3v) is 7.64. The van der Waals surface area contributed by atoms with Gasteiger partial charge in [0.05, 0.1) is 29.4 Å². The van der Waals surface area contributed by atoms with Crippen LogP contribution in [0.2, 0.25) is 0 Å². The van der Waals surface area contributed by atoms with Crippen molar-refractivity contribution in [1.29, 1.82) is 0 Å². The Morgan fingerprint density at radius 1 is 1.05 bits per heavy atom. The maximum absolute atomic E-state index is 14.0. The summed E-state index contributed by atoms with van der Waals surface area (Å²) in [6.45, 7) is 6.04. The van der Waals surface area contributed by atoms with Crippen molar-refractivity contribution in [3.63, 3.8) is 0 Å². The molecule has 1 fully saturated rings. The van der Waals surface area contributed by atoms with Crippen LogP contribution in [0.15, 0.2) is 30.3 Å². The highest BCUT2D eigenvalue weighted by atomic mass is 19.1. The fraction of sp³-hybridized carbons (Fsp3) is 0.419. The molecule has 1 aromatic heterocycles. The fourth-order valence-corrected chi connectivity index (χ4v) is 5.82. The first-order valence-corrected chi connectivity index (χ1v) is 13.6. The second-order valence-corrected chi connectivity index (χ2v) is 11.9. The van der Waals surface area contributed by atoms with Crippen LogP contribution in [0.25, 0.3) is 10.9 Å². The molecule has 1 saturated heterocycles. The van der Waals surface area contributed by atoms with E-state index >= 15 is 0 Å². The predicted octanol–water partition coefficient (Wildman–Crippen LogP) is 5.11. The molecule has 41 heavy (non-hydrogen) atoms. The van der Waals surface area contributed by atoms with Gasteiger partial charge >= 0.3 is 6.09 Å². The zero-order chi connectivity index (χ0) is 29.8. The number of anilines is 1. The first kappa shape index (κ1) is 28.3. The van der Waals surface area contributed by atoms with Crippen LogP contribution in [0.4, 0.5) is 14.9 Å². The third kappa shape index (κ3) is 4.96. The maximum Gasteiger partial charge on any atom is 0.419 e. The van der Waals surface area contributed by atoms with E-state index in [1.165, 1.54) is 25.3 Å². The third-order valence-electron chi connectivity index (χ3n) is 7.64. The van der Waals surface area contributed by atoms with E-state index in [9.17, 15) is 23.6 Å². The number of amides is 1. The molecule has 216 valence electrons. The van der Waals surface area contributed by atoms with Crippen LogP contribution >= 0.6 is 0 Å². The summed E-state index contributed by atoms with van der Waals surface area (Å²) in [6.07, 6.45) is 1.45. The monoisotopic (exact) mass is 563 g/mol. The number of methoxy groups -OCH3 is 1. The molecule has 0 atom stereocenters. The summed E-state index contributed by atoms with van der Waals surface area (Å²) in [5.41, 5.74) is 0.699. The number of halogens is 1. The molecule has 0 spiro atoms. The van der Waals surface area contributed by atoms with Crippen molar-refractivity contribution in [2.75, 3.05) is 39.2 Å². The number of ketones is 2. The molecule has 2 bridgehead atoms. The molecule has 5 rings (SSSR count). The number of carbonyl (C=O) groups is 4. The van der Waals surface area contributed by atoms with Gasteiger partial charge in [0.2, 0.25) is 5.78 Å². The van der Waals surface area contributed by atoms with Crippen molar-refractivity contribution < 1.29 is 33.0 Å². The number of benzene rings is 2. The summed E-state index contributed by atoms with van der Waals surface area (Å²) in [7, 11) is 4.81. The molecule has 0 unspecified atom stereocenters. The SMILES string of the molecule is COc1cc2c3c(c1C(=O)N1CCC(Cc4ccc(F)cc4)CC1)C(=O)C(=O)c(c3N(C)C)n2C(=O)OC(C)(C)C. The van der Waals surface area contributed by atoms with E-state index in [1.807, 2.05) is 0 Å². The number of carbonyl (C=O) groups excluding carboxylic acids is 4. The lowest BCUT2D eigenvalue weighted by molar-refractivity contribution is 0.0535. The van der Waals surface area contributed by atoms with Crippen LogP contribution in [0.1, 0.15) is 70.4 Å². The summed E-state index contributed by atoms with van der Waals surface area (Å²) < 4.78 is 25.6. The number of Topliss-reactive ketones (excluding diaryl/α,β-unsaturated/α-hetero) is 2. The number of piperidine rings is 1. The molecule has 10 heteroatoms. The van der Waals surface area contributed by atoms with E-state index in [1.54, 1.807) is 56.8 Å². The normalized spacial score (nSPS) is 15.5. The molecule has 2 aliphatic rings. The molecule has 1 aliphatic heterocycles. The van der Waals surface area contributed by atoms with Crippen molar-refractivity contribution in [3.05, 3.63) is 58.5 Å². The number of hydrogen-bond acceptors (Lipinski definition) is 7. The summed E-state index contributed by atoms with van der Waals surface area (Å²) in [6, 6.07) is 7.98. The largest absolute Gasteiger partial charge is 0.496 e. The standard InChI is InChI=1S/C31H34FN3O6/c1-31(2,3)41-30(39)35-20-16-21(40-6)23(24-22(20)25(33(4)5)26(35)28(37)27(24)36)29(38)34-13-11-18(12-14-34)15-17-7-9-19(32)10-8-17/h7-10,16,18H,11-15H2,1-6H3. The van der Waals surface area contributed by atoms with E-state index in [0.717, 1.165) is 29.4 Å². The summed E-state index contributed by atoms with van der Waals surface area (Å²) in [5, 5.41) is 0.343. The zero-order valence-electron chi connectivity index (χ0n) is 24.2. The number of likely N-dealkylation sites (tertiary alicyclic amines) is 1. The molecule has 0 saturated carbocycles. The first-order valence-electron chi connectivity index (χ1n) is 13.6. The Hall–Kier alpha value is -4.21. The molecular weight excluding hydrogens is 529 g/mol. The number of nitrogens with zero attached hydrogens (tertiary/aromatic N) is 3. The molecule has 1 aliphatic carbocycles. The highest BCUT2D eigenvalue weighted by Gasteiger charge is 2.44. The molecule has 1 amide bonds. The van der Waals surface area contributed by atoms with Crippen LogP contribution in [-0.4, -0.2) is 72.9 Å². The lowest BCUT2D eigenvalue weighted by Crippen LogP contribution is -2.40. The van der Waals surface area contributed by atoms with Gasteiger partial charge in [-0.25, -0.2) is 13.8 Å². The lowest BCUT2D eigenvalue weighted by atomic mass is 9.88. The molecule has 3 aromatic rings. The van der Waals surface area contributed by atoms with E-state index in [4.69, 9.17) is 9.47 Å². The van der Waals surface area contributed by atoms with Crippen LogP contribution in [0.3, 0.4) is 0 Å². The molecule has 2 heterocycles. The second-order valence-electron chi connectivity index (χ2n) is 11.9. The van der Waals surface area contributed by atoms with Crippen LogP contribution in [0, 0.1) is 11.7 Å². The minimum absolute atomic E-state index is 0.0195. The van der Waals surface area contributed by atoms with Gasteiger partial charge in [0, 0.05) is 38.6 Å². The first-order chi connectivity index (χ1) is 19.3. The average Bonchev–Trinajstić information content (AvgIpc) is 3.24. The minimum Gasteiger partial charge on any atom is -0.496 e. The number of aromatic nitrogens is 1. The van der Waals surface area contributed by atoms with Crippen molar-refractivity contribution in [3.8, 4) is 5.75 Å². The van der Waals surface area contributed by atoms with Gasteiger partial charge in [-0.05, 0) is 63.6 Å². The smallest absolute Gasteiger partial charge is 0.419 e. The van der Waals surface area contributed by atoms with Crippen molar-refractivity contribution >= 4 is 40.2 Å². The van der Waals surface area contributed by atoms with E-state index < -0.39 is 29.2 Å². The Morgan fingerprint density at radius 3 is 2.24 bits per heavy atom. The van der Waals surface area contributed by atoms with Crippen LogP contribution in [0.5, 0.6) is 5.75 Å². The van der Waals surface area contributed by atoms with Crippen LogP contribution < -0.4 is 9.64 Å². The predicted molar refractivity (Wildman–Crippen MR) is 152 cm³/mol. The Kier molecular flexibility index (Phi) is 7.13. The highest BCUT2D eigenvalue weighted by molar-refractivity contribution is 6.56. The molecule has 2 aromatic carbocycles. The zero-order valence-corrected chi connectivity index (χ0v) is 24.2. The van der Waals surface area contributed by atoms with Gasteiger partial charge in [0.25, 0.3) is 11.7 Å². The van der Waals surface area contributed by atoms with E-state index in [0.29, 0.717) is 30.1 Å². The minimum atomic E-state index is -0.887. The summed E-state index contributed by atoms with van der Waals surface area (Å²) >= 11 is 0. The molecular formula is C31H34FN3O6.